The van der Waals surface area contributed by atoms with E-state index in [1.807, 2.05) is 0 Å². The molecule has 4 heteroatoms. The molecular weight excluding hydrogens is 240 g/mol. The van der Waals surface area contributed by atoms with E-state index in [0.29, 0.717) is 16.9 Å². The van der Waals surface area contributed by atoms with Crippen LogP contribution in [0.3, 0.4) is 0 Å². The van der Waals surface area contributed by atoms with Crippen LogP contribution in [0, 0.1) is 23.7 Å². The minimum atomic E-state index is -0.105. The fraction of sp³-hybridized carbons (Fsp3) is 0.733. The minimum absolute atomic E-state index is 0.105. The zero-order chi connectivity index (χ0) is 13.8. The molecule has 1 amide bonds. The molecular formula is C15H22N2O2. The Morgan fingerprint density at radius 1 is 1.47 bits per heavy atom. The van der Waals surface area contributed by atoms with Gasteiger partial charge in [-0.2, -0.15) is 0 Å². The molecule has 1 heterocycles. The SMILES string of the molecule is Cc1cc(C(=O)N[C@@H]2C[C@H]3CC[C@@]2(C)C3(C)C)no1. The Bertz CT molecular complexity index is 520. The molecule has 2 aliphatic rings. The number of carbonyl (C=O) groups excluding carboxylic acids is 1. The largest absolute Gasteiger partial charge is 0.361 e. The molecule has 1 N–H and O–H groups in total. The smallest absolute Gasteiger partial charge is 0.273 e. The quantitative estimate of drug-likeness (QED) is 0.891. The summed E-state index contributed by atoms with van der Waals surface area (Å²) in [6.45, 7) is 8.80. The summed E-state index contributed by atoms with van der Waals surface area (Å²) in [7, 11) is 0. The van der Waals surface area contributed by atoms with Gasteiger partial charge in [-0.05, 0) is 42.9 Å². The highest BCUT2D eigenvalue weighted by Crippen LogP contribution is 2.65. The van der Waals surface area contributed by atoms with E-state index in [-0.39, 0.29) is 17.4 Å². The molecule has 4 nitrogen and oxygen atoms in total. The fourth-order valence-electron chi connectivity index (χ4n) is 4.13. The topological polar surface area (TPSA) is 55.1 Å². The third kappa shape index (κ3) is 1.65. The first-order valence-corrected chi connectivity index (χ1v) is 7.09. The van der Waals surface area contributed by atoms with Gasteiger partial charge in [-0.25, -0.2) is 0 Å². The zero-order valence-electron chi connectivity index (χ0n) is 12.1. The lowest BCUT2D eigenvalue weighted by atomic mass is 9.69. The molecule has 0 spiro atoms. The van der Waals surface area contributed by atoms with Crippen LogP contribution in [0.5, 0.6) is 0 Å². The van der Waals surface area contributed by atoms with Crippen LogP contribution in [0.2, 0.25) is 0 Å². The Morgan fingerprint density at radius 2 is 2.21 bits per heavy atom. The molecule has 3 atom stereocenters. The first-order valence-electron chi connectivity index (χ1n) is 7.09. The molecule has 2 fully saturated rings. The van der Waals surface area contributed by atoms with E-state index in [4.69, 9.17) is 4.52 Å². The molecule has 104 valence electrons. The Labute approximate surface area is 113 Å². The van der Waals surface area contributed by atoms with Crippen molar-refractivity contribution in [3.8, 4) is 0 Å². The van der Waals surface area contributed by atoms with Crippen molar-refractivity contribution in [1.82, 2.24) is 10.5 Å². The van der Waals surface area contributed by atoms with E-state index in [1.165, 1.54) is 12.8 Å². The van der Waals surface area contributed by atoms with Crippen molar-refractivity contribution in [2.24, 2.45) is 16.7 Å². The number of amides is 1. The summed E-state index contributed by atoms with van der Waals surface area (Å²) in [6.07, 6.45) is 3.58. The summed E-state index contributed by atoms with van der Waals surface area (Å²) in [5.74, 6) is 1.29. The van der Waals surface area contributed by atoms with Gasteiger partial charge < -0.3 is 9.84 Å². The highest BCUT2D eigenvalue weighted by atomic mass is 16.5. The maximum absolute atomic E-state index is 12.2. The van der Waals surface area contributed by atoms with Crippen LogP contribution < -0.4 is 5.32 Å². The standard InChI is InChI=1S/C15H22N2O2/c1-9-7-11(17-19-9)13(18)16-12-8-10-5-6-15(12,4)14(10,2)3/h7,10,12H,5-6,8H2,1-4H3,(H,16,18)/t10-,12-,15-/m1/s1. The number of aryl methyl sites for hydroxylation is 1. The van der Waals surface area contributed by atoms with Gasteiger partial charge >= 0.3 is 0 Å². The molecule has 3 rings (SSSR count). The molecule has 1 aromatic heterocycles. The minimum Gasteiger partial charge on any atom is -0.361 e. The van der Waals surface area contributed by atoms with Gasteiger partial charge in [0.05, 0.1) is 0 Å². The van der Waals surface area contributed by atoms with E-state index in [9.17, 15) is 4.79 Å². The van der Waals surface area contributed by atoms with Crippen LogP contribution >= 0.6 is 0 Å². The van der Waals surface area contributed by atoms with E-state index in [0.717, 1.165) is 12.3 Å². The Kier molecular flexibility index (Phi) is 2.57. The highest BCUT2D eigenvalue weighted by molar-refractivity contribution is 5.92. The lowest BCUT2D eigenvalue weighted by molar-refractivity contribution is 0.0818. The van der Waals surface area contributed by atoms with Gasteiger partial charge in [0.15, 0.2) is 5.69 Å². The summed E-state index contributed by atoms with van der Waals surface area (Å²) in [5, 5.41) is 6.97. The number of nitrogens with one attached hydrogen (secondary N) is 1. The molecule has 0 saturated heterocycles. The third-order valence-corrected chi connectivity index (χ3v) is 5.96. The Hall–Kier alpha value is -1.32. The second kappa shape index (κ2) is 3.84. The van der Waals surface area contributed by atoms with Gasteiger partial charge in [-0.3, -0.25) is 4.79 Å². The van der Waals surface area contributed by atoms with Gasteiger partial charge in [-0.1, -0.05) is 25.9 Å². The average Bonchev–Trinajstić information content (AvgIpc) is 2.91. The number of rotatable bonds is 2. The first kappa shape index (κ1) is 12.7. The van der Waals surface area contributed by atoms with Gasteiger partial charge in [-0.15, -0.1) is 0 Å². The molecule has 2 aliphatic carbocycles. The molecule has 0 unspecified atom stereocenters. The molecule has 0 radical (unpaired) electrons. The van der Waals surface area contributed by atoms with Crippen molar-refractivity contribution in [2.45, 2.75) is 53.0 Å². The van der Waals surface area contributed by atoms with Gasteiger partial charge in [0.25, 0.3) is 5.91 Å². The fourth-order valence-corrected chi connectivity index (χ4v) is 4.13. The monoisotopic (exact) mass is 262 g/mol. The second-order valence-electron chi connectivity index (χ2n) is 6.96. The van der Waals surface area contributed by atoms with Gasteiger partial charge in [0.2, 0.25) is 0 Å². The molecule has 0 aromatic carbocycles. The van der Waals surface area contributed by atoms with Crippen LogP contribution in [0.4, 0.5) is 0 Å². The number of hydrogen-bond acceptors (Lipinski definition) is 3. The van der Waals surface area contributed by atoms with Crippen LogP contribution in [0.1, 0.15) is 56.3 Å². The summed E-state index contributed by atoms with van der Waals surface area (Å²) in [5.41, 5.74) is 0.901. The van der Waals surface area contributed by atoms with Crippen molar-refractivity contribution in [3.63, 3.8) is 0 Å². The summed E-state index contributed by atoms with van der Waals surface area (Å²) in [4.78, 5) is 12.2. The van der Waals surface area contributed by atoms with Crippen molar-refractivity contribution in [1.29, 1.82) is 0 Å². The molecule has 1 aromatic rings. The normalized spacial score (nSPS) is 35.6. The van der Waals surface area contributed by atoms with Gasteiger partial charge in [0, 0.05) is 12.1 Å². The maximum atomic E-state index is 12.2. The van der Waals surface area contributed by atoms with Crippen LogP contribution in [-0.2, 0) is 0 Å². The third-order valence-electron chi connectivity index (χ3n) is 5.96. The van der Waals surface area contributed by atoms with Crippen molar-refractivity contribution in [3.05, 3.63) is 17.5 Å². The van der Waals surface area contributed by atoms with Crippen molar-refractivity contribution in [2.75, 3.05) is 0 Å². The van der Waals surface area contributed by atoms with Crippen LogP contribution in [0.25, 0.3) is 0 Å². The number of hydrogen-bond donors (Lipinski definition) is 1. The van der Waals surface area contributed by atoms with Gasteiger partial charge in [0.1, 0.15) is 5.76 Å². The molecule has 0 aliphatic heterocycles. The van der Waals surface area contributed by atoms with E-state index >= 15 is 0 Å². The number of aromatic nitrogens is 1. The molecule has 2 saturated carbocycles. The average molecular weight is 262 g/mol. The predicted octanol–water partition coefficient (Wildman–Crippen LogP) is 2.93. The van der Waals surface area contributed by atoms with E-state index in [1.54, 1.807) is 13.0 Å². The summed E-state index contributed by atoms with van der Waals surface area (Å²) >= 11 is 0. The number of nitrogens with zero attached hydrogens (tertiary/aromatic N) is 1. The van der Waals surface area contributed by atoms with Crippen molar-refractivity contribution >= 4 is 5.91 Å². The lowest BCUT2D eigenvalue weighted by Gasteiger charge is -2.39. The summed E-state index contributed by atoms with van der Waals surface area (Å²) in [6, 6.07) is 1.95. The zero-order valence-corrected chi connectivity index (χ0v) is 12.1. The molecule has 2 bridgehead atoms. The second-order valence-corrected chi connectivity index (χ2v) is 6.96. The number of fused-ring (bicyclic) bond motifs is 2. The Balaban J connectivity index is 1.77. The van der Waals surface area contributed by atoms with E-state index < -0.39 is 0 Å². The Morgan fingerprint density at radius 3 is 2.68 bits per heavy atom. The van der Waals surface area contributed by atoms with Crippen LogP contribution in [0.15, 0.2) is 10.6 Å². The lowest BCUT2D eigenvalue weighted by Crippen LogP contribution is -2.46. The van der Waals surface area contributed by atoms with Crippen molar-refractivity contribution < 1.29 is 9.32 Å². The highest BCUT2D eigenvalue weighted by Gasteiger charge is 2.61. The summed E-state index contributed by atoms with van der Waals surface area (Å²) < 4.78 is 4.97. The number of carbonyl (C=O) groups is 1. The molecule has 19 heavy (non-hydrogen) atoms. The van der Waals surface area contributed by atoms with Crippen LogP contribution in [-0.4, -0.2) is 17.1 Å². The maximum Gasteiger partial charge on any atom is 0.273 e. The predicted molar refractivity (Wildman–Crippen MR) is 71.7 cm³/mol. The van der Waals surface area contributed by atoms with E-state index in [2.05, 4.69) is 31.2 Å². The first-order chi connectivity index (χ1) is 8.84.